The molecule has 4 rings (SSSR count). The summed E-state index contributed by atoms with van der Waals surface area (Å²) in [7, 11) is 3.79. The number of urea groups is 1. The van der Waals surface area contributed by atoms with Crippen LogP contribution in [0.15, 0.2) is 30.3 Å². The molecule has 1 N–H and O–H groups in total. The second-order valence-corrected chi connectivity index (χ2v) is 6.98. The van der Waals surface area contributed by atoms with E-state index in [0.29, 0.717) is 18.0 Å². The largest absolute Gasteiger partial charge is 0.481 e. The highest BCUT2D eigenvalue weighted by atomic mass is 16.5. The van der Waals surface area contributed by atoms with Crippen LogP contribution in [-0.2, 0) is 0 Å². The number of likely N-dealkylation sites (N-methyl/N-ethyl adjacent to an activating group) is 1. The van der Waals surface area contributed by atoms with Gasteiger partial charge in [-0.15, -0.1) is 0 Å². The Morgan fingerprint density at radius 3 is 2.88 bits per heavy atom. The van der Waals surface area contributed by atoms with E-state index in [1.54, 1.807) is 7.11 Å². The Morgan fingerprint density at radius 2 is 2.04 bits per heavy atom. The molecule has 0 unspecified atom stereocenters. The Hall–Kier alpha value is -2.34. The Balaban J connectivity index is 1.48. The Labute approximate surface area is 147 Å². The molecule has 2 aliphatic rings. The number of fused-ring (bicyclic) bond motifs is 3. The van der Waals surface area contributed by atoms with Gasteiger partial charge in [-0.2, -0.15) is 0 Å². The number of carbonyl (C=O) groups excluding carboxylic acids is 1. The molecule has 0 saturated carbocycles. The molecule has 2 aromatic rings. The minimum Gasteiger partial charge on any atom is -0.481 e. The molecule has 0 radical (unpaired) electrons. The third-order valence-electron chi connectivity index (χ3n) is 5.56. The minimum atomic E-state index is -0.0122. The quantitative estimate of drug-likeness (QED) is 0.913. The van der Waals surface area contributed by atoms with E-state index >= 15 is 0 Å². The van der Waals surface area contributed by atoms with Crippen LogP contribution in [0.3, 0.4) is 0 Å². The lowest BCUT2D eigenvalue weighted by molar-refractivity contribution is 0.200. The van der Waals surface area contributed by atoms with Crippen LogP contribution >= 0.6 is 0 Å². The zero-order valence-electron chi connectivity index (χ0n) is 14.7. The molecule has 2 aliphatic heterocycles. The second-order valence-electron chi connectivity index (χ2n) is 6.98. The van der Waals surface area contributed by atoms with Crippen LogP contribution in [0.1, 0.15) is 19.3 Å². The number of aromatic nitrogens is 1. The molecule has 1 aromatic carbocycles. The standard InChI is InChI=1S/C19H24N4O2/c1-22-15-5-6-16(22)12-23(10-9-15)19(24)20-14-4-7-17-13(11-14)3-8-18(21-17)25-2/h3-4,7-8,11,15-16H,5-6,9-10,12H2,1-2H3,(H,20,24)/t15-,16+/m1/s1. The third kappa shape index (κ3) is 3.14. The first-order valence-electron chi connectivity index (χ1n) is 8.87. The van der Waals surface area contributed by atoms with Crippen molar-refractivity contribution in [3.05, 3.63) is 30.3 Å². The predicted molar refractivity (Wildman–Crippen MR) is 98.1 cm³/mol. The summed E-state index contributed by atoms with van der Waals surface area (Å²) < 4.78 is 5.15. The van der Waals surface area contributed by atoms with Crippen molar-refractivity contribution in [2.24, 2.45) is 0 Å². The van der Waals surface area contributed by atoms with E-state index in [2.05, 4.69) is 22.2 Å². The van der Waals surface area contributed by atoms with E-state index in [-0.39, 0.29) is 6.03 Å². The highest BCUT2D eigenvalue weighted by Gasteiger charge is 2.35. The molecular weight excluding hydrogens is 316 g/mol. The number of amides is 2. The van der Waals surface area contributed by atoms with E-state index in [0.717, 1.165) is 36.1 Å². The molecule has 132 valence electrons. The van der Waals surface area contributed by atoms with E-state index in [9.17, 15) is 4.79 Å². The van der Waals surface area contributed by atoms with Crippen LogP contribution in [-0.4, -0.2) is 60.1 Å². The maximum Gasteiger partial charge on any atom is 0.321 e. The number of anilines is 1. The predicted octanol–water partition coefficient (Wildman–Crippen LogP) is 2.94. The van der Waals surface area contributed by atoms with Gasteiger partial charge < -0.3 is 15.0 Å². The minimum absolute atomic E-state index is 0.0122. The second kappa shape index (κ2) is 6.52. The number of rotatable bonds is 2. The number of likely N-dealkylation sites (tertiary alicyclic amines) is 1. The van der Waals surface area contributed by atoms with Gasteiger partial charge in [-0.25, -0.2) is 9.78 Å². The van der Waals surface area contributed by atoms with E-state index in [4.69, 9.17) is 4.74 Å². The van der Waals surface area contributed by atoms with Gasteiger partial charge >= 0.3 is 6.03 Å². The lowest BCUT2D eigenvalue weighted by Crippen LogP contribution is -2.41. The van der Waals surface area contributed by atoms with Gasteiger partial charge in [0, 0.05) is 42.3 Å². The molecule has 1 aromatic heterocycles. The van der Waals surface area contributed by atoms with Gasteiger partial charge in [0.2, 0.25) is 5.88 Å². The number of hydrogen-bond donors (Lipinski definition) is 1. The average Bonchev–Trinajstić information content (AvgIpc) is 2.86. The SMILES string of the molecule is COc1ccc2cc(NC(=O)N3CC[C@H]4CC[C@@H](C3)N4C)ccc2n1. The van der Waals surface area contributed by atoms with Gasteiger partial charge in [0.25, 0.3) is 0 Å². The van der Waals surface area contributed by atoms with Crippen molar-refractivity contribution < 1.29 is 9.53 Å². The summed E-state index contributed by atoms with van der Waals surface area (Å²) in [5.41, 5.74) is 1.65. The third-order valence-corrected chi connectivity index (χ3v) is 5.56. The highest BCUT2D eigenvalue weighted by Crippen LogP contribution is 2.29. The zero-order valence-corrected chi connectivity index (χ0v) is 14.7. The molecule has 25 heavy (non-hydrogen) atoms. The van der Waals surface area contributed by atoms with Crippen molar-refractivity contribution >= 4 is 22.6 Å². The summed E-state index contributed by atoms with van der Waals surface area (Å²) >= 11 is 0. The fourth-order valence-electron chi connectivity index (χ4n) is 3.99. The van der Waals surface area contributed by atoms with Gasteiger partial charge in [-0.05, 0) is 50.6 Å². The molecule has 2 atom stereocenters. The summed E-state index contributed by atoms with van der Waals surface area (Å²) in [6.45, 7) is 1.63. The topological polar surface area (TPSA) is 57.7 Å². The average molecular weight is 340 g/mol. The zero-order chi connectivity index (χ0) is 17.4. The summed E-state index contributed by atoms with van der Waals surface area (Å²) in [5.74, 6) is 0.591. The van der Waals surface area contributed by atoms with Crippen LogP contribution in [0.5, 0.6) is 5.88 Å². The summed E-state index contributed by atoms with van der Waals surface area (Å²) in [6, 6.07) is 10.6. The van der Waals surface area contributed by atoms with Gasteiger partial charge in [0.15, 0.2) is 0 Å². The Kier molecular flexibility index (Phi) is 4.21. The molecule has 0 aliphatic carbocycles. The van der Waals surface area contributed by atoms with Crippen molar-refractivity contribution in [1.29, 1.82) is 0 Å². The van der Waals surface area contributed by atoms with Crippen molar-refractivity contribution in [1.82, 2.24) is 14.8 Å². The lowest BCUT2D eigenvalue weighted by atomic mass is 10.1. The number of hydrogen-bond acceptors (Lipinski definition) is 4. The summed E-state index contributed by atoms with van der Waals surface area (Å²) in [5, 5.41) is 4.02. The maximum atomic E-state index is 12.7. The normalized spacial score (nSPS) is 23.5. The number of benzene rings is 1. The molecule has 2 bridgehead atoms. The molecule has 2 saturated heterocycles. The number of pyridine rings is 1. The first-order chi connectivity index (χ1) is 12.1. The highest BCUT2D eigenvalue weighted by molar-refractivity contribution is 5.92. The Morgan fingerprint density at radius 1 is 1.20 bits per heavy atom. The molecule has 2 fully saturated rings. The number of ether oxygens (including phenoxy) is 1. The molecule has 2 amide bonds. The fourth-order valence-corrected chi connectivity index (χ4v) is 3.99. The number of nitrogens with zero attached hydrogens (tertiary/aromatic N) is 3. The van der Waals surface area contributed by atoms with Crippen molar-refractivity contribution in [3.63, 3.8) is 0 Å². The molecule has 6 heteroatoms. The molecular formula is C19H24N4O2. The van der Waals surface area contributed by atoms with E-state index in [1.807, 2.05) is 35.2 Å². The van der Waals surface area contributed by atoms with E-state index < -0.39 is 0 Å². The van der Waals surface area contributed by atoms with Gasteiger partial charge in [0.05, 0.1) is 12.6 Å². The number of carbonyl (C=O) groups is 1. The first kappa shape index (κ1) is 16.1. The molecule has 3 heterocycles. The van der Waals surface area contributed by atoms with Crippen LogP contribution in [0.2, 0.25) is 0 Å². The summed E-state index contributed by atoms with van der Waals surface area (Å²) in [4.78, 5) is 21.5. The smallest absolute Gasteiger partial charge is 0.321 e. The van der Waals surface area contributed by atoms with Gasteiger partial charge in [0.1, 0.15) is 0 Å². The fraction of sp³-hybridized carbons (Fsp3) is 0.474. The van der Waals surface area contributed by atoms with Crippen molar-refractivity contribution in [2.75, 3.05) is 32.6 Å². The number of nitrogens with one attached hydrogen (secondary N) is 1. The lowest BCUT2D eigenvalue weighted by Gasteiger charge is -2.26. The summed E-state index contributed by atoms with van der Waals surface area (Å²) in [6.07, 6.45) is 3.51. The number of methoxy groups -OCH3 is 1. The van der Waals surface area contributed by atoms with E-state index in [1.165, 1.54) is 12.8 Å². The van der Waals surface area contributed by atoms with Crippen LogP contribution in [0.4, 0.5) is 10.5 Å². The first-order valence-corrected chi connectivity index (χ1v) is 8.87. The molecule has 0 spiro atoms. The Bertz CT molecular complexity index is 794. The monoisotopic (exact) mass is 340 g/mol. The van der Waals surface area contributed by atoms with Gasteiger partial charge in [-0.3, -0.25) is 4.90 Å². The van der Waals surface area contributed by atoms with Crippen molar-refractivity contribution in [2.45, 2.75) is 31.3 Å². The van der Waals surface area contributed by atoms with Crippen LogP contribution in [0.25, 0.3) is 10.9 Å². The maximum absolute atomic E-state index is 12.7. The van der Waals surface area contributed by atoms with Crippen molar-refractivity contribution in [3.8, 4) is 5.88 Å². The molecule has 6 nitrogen and oxygen atoms in total. The van der Waals surface area contributed by atoms with Crippen LogP contribution < -0.4 is 10.1 Å². The van der Waals surface area contributed by atoms with Gasteiger partial charge in [-0.1, -0.05) is 0 Å². The van der Waals surface area contributed by atoms with Crippen LogP contribution in [0, 0.1) is 0 Å².